The number of nitrogens with one attached hydrogen (secondary N) is 2. The molecule has 3 N–H and O–H groups in total. The van der Waals surface area contributed by atoms with Crippen LogP contribution in [0.4, 0.5) is 29.1 Å². The number of carboxylic acid groups (broad SMARTS) is 1. The Morgan fingerprint density at radius 3 is 2.40 bits per heavy atom. The number of nitrogens with zero attached hydrogens (tertiary/aromatic N) is 4. The number of sulfonamides is 1. The van der Waals surface area contributed by atoms with Gasteiger partial charge in [0.2, 0.25) is 5.88 Å². The third-order valence-corrected chi connectivity index (χ3v) is 7.93. The number of methoxy groups -OCH3 is 1. The number of rotatable bonds is 6. The normalized spacial score (nSPS) is 13.7. The maximum atomic E-state index is 13.4. The molecule has 1 fully saturated rings. The van der Waals surface area contributed by atoms with Crippen LogP contribution >= 0.6 is 11.6 Å². The molecule has 11 nitrogen and oxygen atoms in total. The second kappa shape index (κ2) is 12.9. The predicted molar refractivity (Wildman–Crippen MR) is 150 cm³/mol. The van der Waals surface area contributed by atoms with Crippen molar-refractivity contribution in [2.75, 3.05) is 42.9 Å². The molecule has 1 aliphatic rings. The Hall–Kier alpha value is -4.28. The van der Waals surface area contributed by atoms with E-state index in [9.17, 15) is 26.0 Å². The van der Waals surface area contributed by atoms with E-state index in [2.05, 4.69) is 29.9 Å². The second-order valence-corrected chi connectivity index (χ2v) is 11.0. The molecule has 0 saturated carbocycles. The van der Waals surface area contributed by atoms with E-state index in [1.54, 1.807) is 18.6 Å². The van der Waals surface area contributed by atoms with Gasteiger partial charge in [-0.2, -0.15) is 13.2 Å². The Labute approximate surface area is 247 Å². The van der Waals surface area contributed by atoms with Gasteiger partial charge < -0.3 is 20.1 Å². The lowest BCUT2D eigenvalue weighted by Crippen LogP contribution is -2.44. The first-order valence-electron chi connectivity index (χ1n) is 12.3. The zero-order valence-corrected chi connectivity index (χ0v) is 23.8. The van der Waals surface area contributed by atoms with Crippen molar-refractivity contribution < 1.29 is 40.6 Å². The van der Waals surface area contributed by atoms with Gasteiger partial charge in [0.25, 0.3) is 10.0 Å². The third-order valence-electron chi connectivity index (χ3n) is 6.08. The van der Waals surface area contributed by atoms with E-state index in [-0.39, 0.29) is 21.5 Å². The molecule has 2 aromatic heterocycles. The fourth-order valence-corrected chi connectivity index (χ4v) is 5.67. The van der Waals surface area contributed by atoms with Gasteiger partial charge in [-0.25, -0.2) is 32.6 Å². The number of hydrogen-bond acceptors (Lipinski definition) is 9. The monoisotopic (exact) mass is 642 g/mol. The van der Waals surface area contributed by atoms with Crippen LogP contribution in [0, 0.1) is 5.82 Å². The molecule has 0 unspecified atom stereocenters. The smallest absolute Gasteiger partial charge is 0.480 e. The van der Waals surface area contributed by atoms with Crippen molar-refractivity contribution in [2.45, 2.75) is 11.1 Å². The minimum atomic E-state index is -5.08. The third kappa shape index (κ3) is 7.57. The summed E-state index contributed by atoms with van der Waals surface area (Å²) in [6.45, 7) is 3.40. The first-order chi connectivity index (χ1) is 20.3. The van der Waals surface area contributed by atoms with E-state index >= 15 is 0 Å². The van der Waals surface area contributed by atoms with Crippen LogP contribution in [0.1, 0.15) is 0 Å². The van der Waals surface area contributed by atoms with E-state index in [1.807, 2.05) is 18.2 Å². The van der Waals surface area contributed by atoms with Crippen molar-refractivity contribution >= 4 is 50.0 Å². The predicted octanol–water partition coefficient (Wildman–Crippen LogP) is 4.34. The van der Waals surface area contributed by atoms with Gasteiger partial charge in [-0.05, 0) is 42.0 Å². The van der Waals surface area contributed by atoms with Crippen LogP contribution in [-0.4, -0.2) is 73.9 Å². The van der Waals surface area contributed by atoms with Crippen LogP contribution in [0.3, 0.4) is 0 Å². The summed E-state index contributed by atoms with van der Waals surface area (Å²) in [6.07, 6.45) is -1.93. The van der Waals surface area contributed by atoms with E-state index in [1.165, 1.54) is 7.11 Å². The molecule has 0 bridgehead atoms. The average molecular weight is 643 g/mol. The highest BCUT2D eigenvalue weighted by Crippen LogP contribution is 2.34. The summed E-state index contributed by atoms with van der Waals surface area (Å²) >= 11 is 5.99. The number of fused-ring (bicyclic) bond motifs is 1. The van der Waals surface area contributed by atoms with Crippen molar-refractivity contribution in [2.24, 2.45) is 0 Å². The molecule has 0 amide bonds. The molecule has 4 aromatic rings. The molecule has 1 aliphatic heterocycles. The number of hydrogen-bond donors (Lipinski definition) is 3. The number of aliphatic carboxylic acids is 1. The summed E-state index contributed by atoms with van der Waals surface area (Å²) in [5, 5.41) is 11.1. The van der Waals surface area contributed by atoms with Gasteiger partial charge in [0, 0.05) is 43.3 Å². The lowest BCUT2D eigenvalue weighted by Gasteiger charge is -2.29. The van der Waals surface area contributed by atoms with Crippen molar-refractivity contribution in [3.63, 3.8) is 0 Å². The minimum Gasteiger partial charge on any atom is -0.480 e. The summed E-state index contributed by atoms with van der Waals surface area (Å²) in [5.74, 6) is -2.48. The molecule has 0 spiro atoms. The summed E-state index contributed by atoms with van der Waals surface area (Å²) < 4.78 is 78.9. The molecule has 17 heteroatoms. The highest BCUT2D eigenvalue weighted by Gasteiger charge is 2.38. The maximum absolute atomic E-state index is 13.4. The Kier molecular flexibility index (Phi) is 9.52. The van der Waals surface area contributed by atoms with E-state index in [0.29, 0.717) is 5.56 Å². The zero-order valence-electron chi connectivity index (χ0n) is 22.2. The zero-order chi connectivity index (χ0) is 31.4. The van der Waals surface area contributed by atoms with Crippen LogP contribution < -0.4 is 19.7 Å². The van der Waals surface area contributed by atoms with Crippen molar-refractivity contribution in [3.8, 4) is 17.0 Å². The Bertz CT molecular complexity index is 1750. The number of benzene rings is 2. The summed E-state index contributed by atoms with van der Waals surface area (Å²) in [4.78, 5) is 24.1. The number of aromatic nitrogens is 3. The highest BCUT2D eigenvalue weighted by molar-refractivity contribution is 7.92. The van der Waals surface area contributed by atoms with Gasteiger partial charge in [0.05, 0.1) is 17.6 Å². The van der Waals surface area contributed by atoms with Crippen molar-refractivity contribution in [1.29, 1.82) is 0 Å². The summed E-state index contributed by atoms with van der Waals surface area (Å²) in [6, 6.07) is 10.4. The fourth-order valence-electron chi connectivity index (χ4n) is 4.09. The SMILES string of the molecule is COc1ncc(-c2ccc3ncnc(N4CCNCC4)c3c2)cc1NS(=O)(=O)c1ccc(F)cc1Cl.O=C(O)C(F)(F)F. The molecular weight excluding hydrogens is 620 g/mol. The number of halogens is 5. The highest BCUT2D eigenvalue weighted by atomic mass is 35.5. The largest absolute Gasteiger partial charge is 0.490 e. The van der Waals surface area contributed by atoms with Crippen LogP contribution in [-0.2, 0) is 14.8 Å². The van der Waals surface area contributed by atoms with Gasteiger partial charge in [0.15, 0.2) is 0 Å². The maximum Gasteiger partial charge on any atom is 0.490 e. The molecule has 228 valence electrons. The van der Waals surface area contributed by atoms with Crippen LogP contribution in [0.2, 0.25) is 5.02 Å². The van der Waals surface area contributed by atoms with Crippen LogP contribution in [0.25, 0.3) is 22.0 Å². The lowest BCUT2D eigenvalue weighted by molar-refractivity contribution is -0.192. The number of piperazine rings is 1. The number of ether oxygens (including phenoxy) is 1. The van der Waals surface area contributed by atoms with Gasteiger partial charge in [-0.3, -0.25) is 4.72 Å². The minimum absolute atomic E-state index is 0.0752. The molecular formula is C26H23ClF4N6O5S. The van der Waals surface area contributed by atoms with Gasteiger partial charge in [0.1, 0.15) is 28.5 Å². The molecule has 0 radical (unpaired) electrons. The van der Waals surface area contributed by atoms with Gasteiger partial charge in [-0.1, -0.05) is 17.7 Å². The number of pyridine rings is 1. The molecule has 0 atom stereocenters. The topological polar surface area (TPSA) is 147 Å². The Morgan fingerprint density at radius 2 is 1.77 bits per heavy atom. The number of alkyl halides is 3. The number of anilines is 2. The van der Waals surface area contributed by atoms with Crippen LogP contribution in [0.15, 0.2) is 59.9 Å². The standard InChI is InChI=1S/C24H22ClFN6O3S.C2HF3O2/c1-35-24-21(31-36(33,34)22-5-3-17(26)12-19(22)25)11-16(13-28-24)15-2-4-20-18(10-15)23(30-14-29-20)32-8-6-27-7-9-32;3-2(4,5)1(6)7/h2-5,10-14,27,31H,6-9H2,1H3;(H,6,7). The van der Waals surface area contributed by atoms with E-state index in [4.69, 9.17) is 26.2 Å². The Balaban J connectivity index is 0.000000541. The van der Waals surface area contributed by atoms with Gasteiger partial charge >= 0.3 is 12.1 Å². The summed E-state index contributed by atoms with van der Waals surface area (Å²) in [5.41, 5.74) is 2.36. The van der Waals surface area contributed by atoms with E-state index in [0.717, 1.165) is 66.7 Å². The molecule has 1 saturated heterocycles. The van der Waals surface area contributed by atoms with Gasteiger partial charge in [-0.15, -0.1) is 0 Å². The number of carboxylic acids is 1. The first-order valence-corrected chi connectivity index (χ1v) is 14.2. The molecule has 0 aliphatic carbocycles. The molecule has 3 heterocycles. The summed E-state index contributed by atoms with van der Waals surface area (Å²) in [7, 11) is -2.76. The van der Waals surface area contributed by atoms with Crippen LogP contribution in [0.5, 0.6) is 5.88 Å². The molecule has 5 rings (SSSR count). The van der Waals surface area contributed by atoms with Crippen molar-refractivity contribution in [1.82, 2.24) is 20.3 Å². The fraction of sp³-hybridized carbons (Fsp3) is 0.231. The second-order valence-electron chi connectivity index (χ2n) is 8.93. The van der Waals surface area contributed by atoms with Crippen molar-refractivity contribution in [3.05, 3.63) is 65.8 Å². The quantitative estimate of drug-likeness (QED) is 0.260. The average Bonchev–Trinajstić information content (AvgIpc) is 2.96. The first kappa shape index (κ1) is 31.7. The Morgan fingerprint density at radius 1 is 1.07 bits per heavy atom. The number of carbonyl (C=O) groups is 1. The van der Waals surface area contributed by atoms with E-state index < -0.39 is 28.0 Å². The molecule has 2 aromatic carbocycles. The lowest BCUT2D eigenvalue weighted by atomic mass is 10.0. The molecule has 43 heavy (non-hydrogen) atoms.